The summed E-state index contributed by atoms with van der Waals surface area (Å²) in [6.45, 7) is 5.48. The molecule has 0 aliphatic rings. The molecule has 0 unspecified atom stereocenters. The topological polar surface area (TPSA) is 46.5 Å². The fraction of sp³-hybridized carbons (Fsp3) is 0.100. The Balaban J connectivity index is 1.72. The van der Waals surface area contributed by atoms with Gasteiger partial charge in [0.2, 0.25) is 0 Å². The van der Waals surface area contributed by atoms with E-state index in [0.29, 0.717) is 11.1 Å². The molecular weight excluding hydrogens is 427 g/mol. The minimum atomic E-state index is -0.514. The predicted molar refractivity (Wildman–Crippen MR) is 133 cm³/mol. The average Bonchev–Trinajstić information content (AvgIpc) is 2.87. The third-order valence-corrected chi connectivity index (χ3v) is 5.75. The summed E-state index contributed by atoms with van der Waals surface area (Å²) >= 11 is 0. The highest BCUT2D eigenvalue weighted by atomic mass is 19.1. The summed E-state index contributed by atoms with van der Waals surface area (Å²) in [5.41, 5.74) is 7.42. The molecule has 4 aromatic rings. The van der Waals surface area contributed by atoms with Crippen LogP contribution in [-0.4, -0.2) is 11.1 Å². The van der Waals surface area contributed by atoms with Crippen molar-refractivity contribution in [1.82, 2.24) is 0 Å². The van der Waals surface area contributed by atoms with Crippen molar-refractivity contribution in [2.75, 3.05) is 0 Å². The molecule has 0 heterocycles. The molecule has 0 bridgehead atoms. The molecule has 0 aliphatic heterocycles. The lowest BCUT2D eigenvalue weighted by molar-refractivity contribution is -0.138. The lowest BCUT2D eigenvalue weighted by atomic mass is 9.93. The molecule has 170 valence electrons. The first-order chi connectivity index (χ1) is 16.5. The van der Waals surface area contributed by atoms with Crippen LogP contribution in [0, 0.1) is 12.7 Å². The van der Waals surface area contributed by atoms with E-state index in [4.69, 9.17) is 4.74 Å². The van der Waals surface area contributed by atoms with Crippen LogP contribution in [-0.2, 0) is 22.7 Å². The molecule has 0 radical (unpaired) electrons. The van der Waals surface area contributed by atoms with Gasteiger partial charge < -0.3 is 9.84 Å². The smallest absolute Gasteiger partial charge is 0.330 e. The number of aryl methyl sites for hydroxylation is 1. The fourth-order valence-corrected chi connectivity index (χ4v) is 3.83. The summed E-state index contributed by atoms with van der Waals surface area (Å²) in [5.74, 6) is -0.870. The van der Waals surface area contributed by atoms with Crippen LogP contribution in [0.4, 0.5) is 4.39 Å². The van der Waals surface area contributed by atoms with Gasteiger partial charge in [-0.3, -0.25) is 0 Å². The van der Waals surface area contributed by atoms with Crippen molar-refractivity contribution in [1.29, 1.82) is 0 Å². The molecule has 3 nitrogen and oxygen atoms in total. The number of carbonyl (C=O) groups excluding carboxylic acids is 1. The Labute approximate surface area is 198 Å². The minimum Gasteiger partial charge on any atom is -0.458 e. The van der Waals surface area contributed by atoms with Crippen molar-refractivity contribution in [2.24, 2.45) is 0 Å². The van der Waals surface area contributed by atoms with Gasteiger partial charge in [-0.1, -0.05) is 84.9 Å². The van der Waals surface area contributed by atoms with Crippen LogP contribution in [0.5, 0.6) is 0 Å². The molecule has 4 heteroatoms. The second-order valence-corrected chi connectivity index (χ2v) is 8.10. The van der Waals surface area contributed by atoms with E-state index in [2.05, 4.69) is 6.58 Å². The van der Waals surface area contributed by atoms with E-state index in [1.807, 2.05) is 55.5 Å². The maximum Gasteiger partial charge on any atom is 0.330 e. The number of halogens is 1. The van der Waals surface area contributed by atoms with Gasteiger partial charge in [0, 0.05) is 11.6 Å². The average molecular weight is 453 g/mol. The monoisotopic (exact) mass is 452 g/mol. The van der Waals surface area contributed by atoms with Gasteiger partial charge in [0.15, 0.2) is 0 Å². The van der Waals surface area contributed by atoms with Crippen LogP contribution in [0.15, 0.2) is 97.6 Å². The van der Waals surface area contributed by atoms with Crippen LogP contribution >= 0.6 is 0 Å². The molecule has 34 heavy (non-hydrogen) atoms. The number of hydrogen-bond donors (Lipinski definition) is 1. The van der Waals surface area contributed by atoms with Crippen LogP contribution in [0.1, 0.15) is 16.7 Å². The van der Waals surface area contributed by atoms with Crippen LogP contribution < -0.4 is 0 Å². The van der Waals surface area contributed by atoms with Crippen molar-refractivity contribution < 1.29 is 19.0 Å². The Morgan fingerprint density at radius 2 is 1.47 bits per heavy atom. The third kappa shape index (κ3) is 5.13. The van der Waals surface area contributed by atoms with Crippen molar-refractivity contribution in [3.05, 3.63) is 120 Å². The minimum absolute atomic E-state index is 0.0475. The summed E-state index contributed by atoms with van der Waals surface area (Å²) < 4.78 is 20.5. The molecule has 0 aromatic heterocycles. The van der Waals surface area contributed by atoms with Gasteiger partial charge in [-0.25, -0.2) is 9.18 Å². The van der Waals surface area contributed by atoms with Crippen molar-refractivity contribution in [3.63, 3.8) is 0 Å². The number of hydrogen-bond acceptors (Lipinski definition) is 3. The molecule has 0 saturated heterocycles. The van der Waals surface area contributed by atoms with Gasteiger partial charge in [0.1, 0.15) is 12.4 Å². The molecule has 0 fully saturated rings. The second kappa shape index (κ2) is 10.3. The van der Waals surface area contributed by atoms with E-state index < -0.39 is 5.97 Å². The summed E-state index contributed by atoms with van der Waals surface area (Å²) in [7, 11) is 0. The maximum absolute atomic E-state index is 15.1. The van der Waals surface area contributed by atoms with Crippen LogP contribution in [0.25, 0.3) is 33.4 Å². The van der Waals surface area contributed by atoms with Gasteiger partial charge in [-0.15, -0.1) is 0 Å². The number of ether oxygens (including phenoxy) is 1. The van der Waals surface area contributed by atoms with E-state index >= 15 is 4.39 Å². The van der Waals surface area contributed by atoms with Gasteiger partial charge in [0.05, 0.1) is 6.61 Å². The normalized spacial score (nSPS) is 10.7. The van der Waals surface area contributed by atoms with Gasteiger partial charge in [-0.2, -0.15) is 0 Å². The van der Waals surface area contributed by atoms with Gasteiger partial charge in [0.25, 0.3) is 0 Å². The zero-order chi connectivity index (χ0) is 24.1. The molecule has 0 saturated carbocycles. The number of carbonyl (C=O) groups is 1. The van der Waals surface area contributed by atoms with E-state index in [0.717, 1.165) is 39.5 Å². The fourth-order valence-electron chi connectivity index (χ4n) is 3.83. The standard InChI is InChI=1S/C30H25FO3/c1-3-30(33)34-19-26-16-24(22-8-4-20(2)5-9-22)12-14-27(26)25-13-15-28(29(31)17-25)23-10-6-21(18-32)7-11-23/h3-17,32H,1,18-19H2,2H3. The predicted octanol–water partition coefficient (Wildman–Crippen LogP) is 6.86. The number of aliphatic hydroxyl groups is 1. The Morgan fingerprint density at radius 3 is 2.12 bits per heavy atom. The summed E-state index contributed by atoms with van der Waals surface area (Å²) in [4.78, 5) is 11.7. The highest BCUT2D eigenvalue weighted by molar-refractivity contribution is 5.82. The highest BCUT2D eigenvalue weighted by Crippen LogP contribution is 2.33. The zero-order valence-corrected chi connectivity index (χ0v) is 18.9. The SMILES string of the molecule is C=CC(=O)OCc1cc(-c2ccc(C)cc2)ccc1-c1ccc(-c2ccc(CO)cc2)c(F)c1. The van der Waals surface area contributed by atoms with Crippen molar-refractivity contribution in [2.45, 2.75) is 20.1 Å². The molecule has 0 amide bonds. The Kier molecular flexibility index (Phi) is 7.00. The van der Waals surface area contributed by atoms with Crippen molar-refractivity contribution in [3.8, 4) is 33.4 Å². The first-order valence-electron chi connectivity index (χ1n) is 11.0. The number of benzene rings is 4. The maximum atomic E-state index is 15.1. The number of esters is 1. The molecule has 0 atom stereocenters. The van der Waals surface area contributed by atoms with Crippen LogP contribution in [0.3, 0.4) is 0 Å². The highest BCUT2D eigenvalue weighted by Gasteiger charge is 2.13. The van der Waals surface area contributed by atoms with E-state index in [-0.39, 0.29) is 19.0 Å². The number of rotatable bonds is 7. The Morgan fingerprint density at radius 1 is 0.853 bits per heavy atom. The second-order valence-electron chi connectivity index (χ2n) is 8.10. The molecule has 4 rings (SSSR count). The van der Waals surface area contributed by atoms with Crippen molar-refractivity contribution >= 4 is 5.97 Å². The molecule has 0 aliphatic carbocycles. The van der Waals surface area contributed by atoms with E-state index in [1.54, 1.807) is 30.3 Å². The lowest BCUT2D eigenvalue weighted by Gasteiger charge is -2.14. The molecule has 0 spiro atoms. The summed E-state index contributed by atoms with van der Waals surface area (Å²) in [6.07, 6.45) is 1.13. The summed E-state index contributed by atoms with van der Waals surface area (Å²) in [5, 5.41) is 9.23. The first kappa shape index (κ1) is 23.1. The zero-order valence-electron chi connectivity index (χ0n) is 18.9. The quantitative estimate of drug-likeness (QED) is 0.246. The van der Waals surface area contributed by atoms with Gasteiger partial charge >= 0.3 is 5.97 Å². The number of aliphatic hydroxyl groups excluding tert-OH is 1. The van der Waals surface area contributed by atoms with E-state index in [9.17, 15) is 9.90 Å². The van der Waals surface area contributed by atoms with E-state index in [1.165, 1.54) is 11.6 Å². The summed E-state index contributed by atoms with van der Waals surface area (Å²) in [6, 6.07) is 26.3. The Hall–Kier alpha value is -4.02. The largest absolute Gasteiger partial charge is 0.458 e. The van der Waals surface area contributed by atoms with Crippen LogP contribution in [0.2, 0.25) is 0 Å². The molecule has 1 N–H and O–H groups in total. The van der Waals surface area contributed by atoms with Gasteiger partial charge in [-0.05, 0) is 58.0 Å². The molecule has 4 aromatic carbocycles. The first-order valence-corrected chi connectivity index (χ1v) is 11.0. The molecular formula is C30H25FO3. The Bertz CT molecular complexity index is 1320. The lowest BCUT2D eigenvalue weighted by Crippen LogP contribution is -2.02. The third-order valence-electron chi connectivity index (χ3n) is 5.75.